The van der Waals surface area contributed by atoms with Crippen molar-refractivity contribution in [3.8, 4) is 0 Å². The zero-order valence-electron chi connectivity index (χ0n) is 14.4. The first kappa shape index (κ1) is 17.1. The molecular formula is C18H21N3O4. The molecule has 1 aliphatic carbocycles. The summed E-state index contributed by atoms with van der Waals surface area (Å²) < 4.78 is 9.79. The molecule has 7 nitrogen and oxygen atoms in total. The van der Waals surface area contributed by atoms with Gasteiger partial charge in [0.05, 0.1) is 12.7 Å². The fourth-order valence-electron chi connectivity index (χ4n) is 3.22. The third-order valence-electron chi connectivity index (χ3n) is 4.58. The minimum absolute atomic E-state index is 0.222. The predicted octanol–water partition coefficient (Wildman–Crippen LogP) is 2.75. The number of nitrogens with one attached hydrogen (secondary N) is 1. The number of aryl methyl sites for hydroxylation is 1. The molecule has 0 atom stereocenters. The van der Waals surface area contributed by atoms with Gasteiger partial charge < -0.3 is 14.6 Å². The summed E-state index contributed by atoms with van der Waals surface area (Å²) >= 11 is 0. The van der Waals surface area contributed by atoms with Crippen molar-refractivity contribution in [3.63, 3.8) is 0 Å². The highest BCUT2D eigenvalue weighted by molar-refractivity contribution is 5.96. The normalized spacial score (nSPS) is 16.2. The molecule has 1 saturated carbocycles. The Kier molecular flexibility index (Phi) is 4.83. The molecule has 0 aliphatic heterocycles. The van der Waals surface area contributed by atoms with E-state index in [0.29, 0.717) is 22.8 Å². The van der Waals surface area contributed by atoms with Crippen molar-refractivity contribution >= 4 is 11.9 Å². The molecule has 1 N–H and O–H groups in total. The number of methoxy groups -OCH3 is 1. The molecule has 2 aromatic rings. The van der Waals surface area contributed by atoms with Crippen LogP contribution in [0, 0.1) is 6.92 Å². The molecule has 1 aliphatic rings. The Morgan fingerprint density at radius 2 is 1.76 bits per heavy atom. The van der Waals surface area contributed by atoms with Gasteiger partial charge in [0.2, 0.25) is 5.89 Å². The fraction of sp³-hybridized carbons (Fsp3) is 0.444. The first-order valence-electron chi connectivity index (χ1n) is 8.36. The summed E-state index contributed by atoms with van der Waals surface area (Å²) in [5.41, 5.74) is 0.270. The maximum absolute atomic E-state index is 12.7. The summed E-state index contributed by atoms with van der Waals surface area (Å²) in [5.74, 6) is 0.361. The van der Waals surface area contributed by atoms with Crippen molar-refractivity contribution in [2.45, 2.75) is 44.6 Å². The molecule has 0 unspecified atom stereocenters. The van der Waals surface area contributed by atoms with Crippen molar-refractivity contribution in [2.75, 3.05) is 7.11 Å². The smallest absolute Gasteiger partial charge is 0.337 e. The highest BCUT2D eigenvalue weighted by atomic mass is 16.5. The van der Waals surface area contributed by atoms with E-state index in [4.69, 9.17) is 4.52 Å². The second-order valence-electron chi connectivity index (χ2n) is 6.30. The molecule has 3 rings (SSSR count). The Labute approximate surface area is 145 Å². The zero-order chi connectivity index (χ0) is 17.9. The van der Waals surface area contributed by atoms with Crippen molar-refractivity contribution in [3.05, 3.63) is 47.1 Å². The fourth-order valence-corrected chi connectivity index (χ4v) is 3.22. The monoisotopic (exact) mass is 343 g/mol. The van der Waals surface area contributed by atoms with Crippen LogP contribution in [0.5, 0.6) is 0 Å². The molecule has 0 radical (unpaired) electrons. The van der Waals surface area contributed by atoms with Crippen molar-refractivity contribution < 1.29 is 18.8 Å². The van der Waals surface area contributed by atoms with Gasteiger partial charge in [-0.2, -0.15) is 4.98 Å². The Hall–Kier alpha value is -2.70. The van der Waals surface area contributed by atoms with E-state index in [1.54, 1.807) is 31.2 Å². The minimum Gasteiger partial charge on any atom is -0.465 e. The third-order valence-corrected chi connectivity index (χ3v) is 4.58. The van der Waals surface area contributed by atoms with Gasteiger partial charge in [0.1, 0.15) is 5.54 Å². The Balaban J connectivity index is 1.82. The lowest BCUT2D eigenvalue weighted by atomic mass is 9.80. The average Bonchev–Trinajstić information content (AvgIpc) is 3.09. The predicted molar refractivity (Wildman–Crippen MR) is 89.0 cm³/mol. The summed E-state index contributed by atoms with van der Waals surface area (Å²) in [6, 6.07) is 6.37. The van der Waals surface area contributed by atoms with Gasteiger partial charge in [0.25, 0.3) is 5.91 Å². The van der Waals surface area contributed by atoms with Crippen LogP contribution >= 0.6 is 0 Å². The average molecular weight is 343 g/mol. The molecule has 0 spiro atoms. The minimum atomic E-state index is -0.603. The van der Waals surface area contributed by atoms with Crippen LogP contribution in [0.4, 0.5) is 0 Å². The molecule has 1 fully saturated rings. The number of hydrogen-bond acceptors (Lipinski definition) is 6. The molecule has 0 bridgehead atoms. The molecule has 25 heavy (non-hydrogen) atoms. The van der Waals surface area contributed by atoms with E-state index in [-0.39, 0.29) is 5.91 Å². The standard InChI is InChI=1S/C18H21N3O4/c1-12-19-17(21-25-12)18(10-4-3-5-11-18)20-15(22)13-6-8-14(9-7-13)16(23)24-2/h6-9H,3-5,10-11H2,1-2H3,(H,20,22). The topological polar surface area (TPSA) is 94.3 Å². The number of aromatic nitrogens is 2. The number of carbonyl (C=O) groups is 2. The van der Waals surface area contributed by atoms with Gasteiger partial charge >= 0.3 is 5.97 Å². The number of carbonyl (C=O) groups excluding carboxylic acids is 2. The van der Waals surface area contributed by atoms with Gasteiger partial charge in [-0.1, -0.05) is 24.4 Å². The number of esters is 1. The maximum atomic E-state index is 12.7. The van der Waals surface area contributed by atoms with Gasteiger partial charge in [0, 0.05) is 12.5 Å². The van der Waals surface area contributed by atoms with Gasteiger partial charge in [-0.05, 0) is 37.1 Å². The van der Waals surface area contributed by atoms with Crippen LogP contribution in [-0.4, -0.2) is 29.1 Å². The second kappa shape index (κ2) is 7.04. The Bertz CT molecular complexity index is 761. The molecule has 7 heteroatoms. The summed E-state index contributed by atoms with van der Waals surface area (Å²) in [7, 11) is 1.32. The van der Waals surface area contributed by atoms with Crippen molar-refractivity contribution in [2.24, 2.45) is 0 Å². The quantitative estimate of drug-likeness (QED) is 0.858. The van der Waals surface area contributed by atoms with Gasteiger partial charge in [-0.3, -0.25) is 4.79 Å². The third kappa shape index (κ3) is 3.55. The summed E-state index contributed by atoms with van der Waals surface area (Å²) in [5, 5.41) is 7.15. The number of rotatable bonds is 4. The molecular weight excluding hydrogens is 322 g/mol. The highest BCUT2D eigenvalue weighted by Gasteiger charge is 2.39. The summed E-state index contributed by atoms with van der Waals surface area (Å²) in [4.78, 5) is 28.6. The Morgan fingerprint density at radius 3 is 2.32 bits per heavy atom. The summed E-state index contributed by atoms with van der Waals surface area (Å²) in [6.45, 7) is 1.74. The summed E-state index contributed by atoms with van der Waals surface area (Å²) in [6.07, 6.45) is 4.67. The van der Waals surface area contributed by atoms with Crippen molar-refractivity contribution in [1.82, 2.24) is 15.5 Å². The maximum Gasteiger partial charge on any atom is 0.337 e. The lowest BCUT2D eigenvalue weighted by Crippen LogP contribution is -2.48. The van der Waals surface area contributed by atoms with Crippen LogP contribution < -0.4 is 5.32 Å². The lowest BCUT2D eigenvalue weighted by molar-refractivity contribution is 0.0600. The first-order valence-corrected chi connectivity index (χ1v) is 8.36. The van der Waals surface area contributed by atoms with Crippen molar-refractivity contribution in [1.29, 1.82) is 0 Å². The largest absolute Gasteiger partial charge is 0.465 e. The van der Waals surface area contributed by atoms with E-state index in [9.17, 15) is 9.59 Å². The van der Waals surface area contributed by atoms with Crippen LogP contribution in [0.1, 0.15) is 64.5 Å². The number of nitrogens with zero attached hydrogens (tertiary/aromatic N) is 2. The number of ether oxygens (including phenoxy) is 1. The molecule has 1 heterocycles. The van der Waals surface area contributed by atoms with Crippen LogP contribution in [0.2, 0.25) is 0 Å². The van der Waals surface area contributed by atoms with Crippen LogP contribution in [0.3, 0.4) is 0 Å². The highest BCUT2D eigenvalue weighted by Crippen LogP contribution is 2.36. The SMILES string of the molecule is COC(=O)c1ccc(C(=O)NC2(c3noc(C)n3)CCCCC2)cc1. The number of hydrogen-bond donors (Lipinski definition) is 1. The molecule has 0 saturated heterocycles. The van der Waals surface area contributed by atoms with E-state index >= 15 is 0 Å². The first-order chi connectivity index (χ1) is 12.0. The van der Waals surface area contributed by atoms with Crippen LogP contribution in [0.15, 0.2) is 28.8 Å². The number of benzene rings is 1. The molecule has 1 aromatic carbocycles. The molecule has 1 amide bonds. The zero-order valence-corrected chi connectivity index (χ0v) is 14.4. The molecule has 132 valence electrons. The van der Waals surface area contributed by atoms with Gasteiger partial charge in [0.15, 0.2) is 5.82 Å². The van der Waals surface area contributed by atoms with E-state index in [1.807, 2.05) is 0 Å². The van der Waals surface area contributed by atoms with E-state index < -0.39 is 11.5 Å². The van der Waals surface area contributed by atoms with E-state index in [1.165, 1.54) is 7.11 Å². The van der Waals surface area contributed by atoms with Gasteiger partial charge in [-0.15, -0.1) is 0 Å². The Morgan fingerprint density at radius 1 is 1.12 bits per heavy atom. The lowest BCUT2D eigenvalue weighted by Gasteiger charge is -2.35. The second-order valence-corrected chi connectivity index (χ2v) is 6.30. The van der Waals surface area contributed by atoms with E-state index in [2.05, 4.69) is 20.2 Å². The van der Waals surface area contributed by atoms with Crippen LogP contribution in [-0.2, 0) is 10.3 Å². The van der Waals surface area contributed by atoms with E-state index in [0.717, 1.165) is 32.1 Å². The molecule has 1 aromatic heterocycles. The number of amides is 1. The van der Waals surface area contributed by atoms with Crippen LogP contribution in [0.25, 0.3) is 0 Å². The van der Waals surface area contributed by atoms with Gasteiger partial charge in [-0.25, -0.2) is 4.79 Å².